The van der Waals surface area contributed by atoms with Crippen LogP contribution in [0, 0.1) is 17.8 Å². The summed E-state index contributed by atoms with van der Waals surface area (Å²) in [5, 5.41) is 29.4. The Balaban J connectivity index is 1.35. The number of hydrogen-bond donors (Lipinski definition) is 3. The summed E-state index contributed by atoms with van der Waals surface area (Å²) in [4.78, 5) is 28.3. The lowest BCUT2D eigenvalue weighted by Crippen LogP contribution is -2.35. The minimum absolute atomic E-state index is 0.114. The lowest BCUT2D eigenvalue weighted by atomic mass is 9.70. The molecule has 2 aromatic carbocycles. The zero-order valence-electron chi connectivity index (χ0n) is 21.4. The molecular weight excluding hydrogens is 549 g/mol. The Morgan fingerprint density at radius 2 is 1.95 bits per heavy atom. The SMILES string of the molecule is CC/C(=C\c1cc(Br)ccc1O)CC[C@H]1OC[C@H]2C1=C(C)C[C@H]1C(=O)N(c3cccc(B(O)O)c3)C(=O)[C@H]12. The molecule has 5 rings (SSSR count). The Bertz CT molecular complexity index is 1340. The molecule has 0 unspecified atom stereocenters. The third-order valence-electron chi connectivity index (χ3n) is 8.11. The highest BCUT2D eigenvalue weighted by Gasteiger charge is 2.56. The summed E-state index contributed by atoms with van der Waals surface area (Å²) in [7, 11) is -1.68. The number of imide groups is 1. The molecule has 1 aliphatic carbocycles. The van der Waals surface area contributed by atoms with Crippen LogP contribution in [0.25, 0.3) is 6.08 Å². The number of hydrogen-bond acceptors (Lipinski definition) is 6. The Morgan fingerprint density at radius 1 is 1.16 bits per heavy atom. The Hall–Kier alpha value is -2.72. The standard InChI is InChI=1S/C29H31BBrNO6/c1-3-17(12-18-13-20(31)8-9-24(18)33)7-10-25-26-16(2)11-22-27(23(26)15-38-25)29(35)32(28(22)34)21-6-4-5-19(14-21)30(36)37/h4-6,8-9,12-14,22-23,25,27,33,36-37H,3,7,10-11,15H2,1-2H3/b17-12+/t22-,23+,25-,27-/m1/s1. The predicted octanol–water partition coefficient (Wildman–Crippen LogP) is 3.95. The lowest BCUT2D eigenvalue weighted by molar-refractivity contribution is -0.122. The van der Waals surface area contributed by atoms with Gasteiger partial charge in [0.25, 0.3) is 0 Å². The van der Waals surface area contributed by atoms with Gasteiger partial charge in [0.05, 0.1) is 30.2 Å². The maximum Gasteiger partial charge on any atom is 0.488 e. The van der Waals surface area contributed by atoms with Crippen LogP contribution in [0.4, 0.5) is 5.69 Å². The van der Waals surface area contributed by atoms with Gasteiger partial charge < -0.3 is 19.9 Å². The van der Waals surface area contributed by atoms with Crippen molar-refractivity contribution in [2.24, 2.45) is 17.8 Å². The second kappa shape index (κ2) is 10.8. The molecule has 2 amide bonds. The highest BCUT2D eigenvalue weighted by molar-refractivity contribution is 9.10. The highest BCUT2D eigenvalue weighted by atomic mass is 79.9. The van der Waals surface area contributed by atoms with Crippen LogP contribution in [0.3, 0.4) is 0 Å². The normalized spacial score (nSPS) is 25.2. The van der Waals surface area contributed by atoms with Gasteiger partial charge in [-0.05, 0) is 74.0 Å². The van der Waals surface area contributed by atoms with E-state index in [0.717, 1.165) is 40.4 Å². The van der Waals surface area contributed by atoms with E-state index >= 15 is 0 Å². The topological polar surface area (TPSA) is 107 Å². The van der Waals surface area contributed by atoms with E-state index in [9.17, 15) is 24.7 Å². The van der Waals surface area contributed by atoms with Gasteiger partial charge in [-0.1, -0.05) is 52.2 Å². The van der Waals surface area contributed by atoms with Gasteiger partial charge in [0.1, 0.15) is 5.75 Å². The number of benzene rings is 2. The molecule has 38 heavy (non-hydrogen) atoms. The van der Waals surface area contributed by atoms with Crippen molar-refractivity contribution < 1.29 is 29.5 Å². The lowest BCUT2D eigenvalue weighted by Gasteiger charge is -2.30. The molecule has 7 nitrogen and oxygen atoms in total. The van der Waals surface area contributed by atoms with Crippen molar-refractivity contribution in [3.63, 3.8) is 0 Å². The first-order valence-electron chi connectivity index (χ1n) is 13.0. The number of carbonyl (C=O) groups excluding carboxylic acids is 2. The monoisotopic (exact) mass is 579 g/mol. The highest BCUT2D eigenvalue weighted by Crippen LogP contribution is 2.50. The molecule has 0 saturated carbocycles. The molecule has 2 aromatic rings. The number of ether oxygens (including phenoxy) is 1. The zero-order valence-corrected chi connectivity index (χ0v) is 23.0. The van der Waals surface area contributed by atoms with Gasteiger partial charge in [0.2, 0.25) is 11.8 Å². The fourth-order valence-electron chi connectivity index (χ4n) is 6.24. The van der Waals surface area contributed by atoms with E-state index in [4.69, 9.17) is 4.74 Å². The zero-order chi connectivity index (χ0) is 27.1. The van der Waals surface area contributed by atoms with Crippen LogP contribution in [-0.4, -0.2) is 46.8 Å². The number of phenols is 1. The largest absolute Gasteiger partial charge is 0.507 e. The smallest absolute Gasteiger partial charge is 0.488 e. The summed E-state index contributed by atoms with van der Waals surface area (Å²) >= 11 is 3.46. The van der Waals surface area contributed by atoms with Gasteiger partial charge in [-0.2, -0.15) is 0 Å². The molecule has 0 bridgehead atoms. The van der Waals surface area contributed by atoms with Crippen molar-refractivity contribution in [2.45, 2.75) is 45.6 Å². The average Bonchev–Trinajstić information content (AvgIpc) is 3.42. The number of fused-ring (bicyclic) bond motifs is 3. The van der Waals surface area contributed by atoms with Crippen LogP contribution >= 0.6 is 15.9 Å². The minimum atomic E-state index is -1.68. The minimum Gasteiger partial charge on any atom is -0.507 e. The molecule has 2 fully saturated rings. The number of rotatable bonds is 7. The van der Waals surface area contributed by atoms with Crippen molar-refractivity contribution in [1.29, 1.82) is 0 Å². The number of phenolic OH excluding ortho intramolecular Hbond substituents is 1. The summed E-state index contributed by atoms with van der Waals surface area (Å²) in [6, 6.07) is 11.7. The summed E-state index contributed by atoms with van der Waals surface area (Å²) in [6.07, 6.45) is 4.82. The Morgan fingerprint density at radius 3 is 2.68 bits per heavy atom. The molecular formula is C29H31BBrNO6. The third-order valence-corrected chi connectivity index (χ3v) is 8.60. The van der Waals surface area contributed by atoms with E-state index in [1.54, 1.807) is 30.3 Å². The van der Waals surface area contributed by atoms with E-state index in [2.05, 4.69) is 22.9 Å². The van der Waals surface area contributed by atoms with Gasteiger partial charge in [-0.15, -0.1) is 0 Å². The predicted molar refractivity (Wildman–Crippen MR) is 150 cm³/mol. The first-order valence-corrected chi connectivity index (χ1v) is 13.8. The van der Waals surface area contributed by atoms with Crippen LogP contribution in [0.2, 0.25) is 0 Å². The molecule has 3 N–H and O–H groups in total. The number of nitrogens with zero attached hydrogens (tertiary/aromatic N) is 1. The van der Waals surface area contributed by atoms with Crippen LogP contribution in [0.5, 0.6) is 5.75 Å². The maximum atomic E-state index is 13.6. The second-order valence-corrected chi connectivity index (χ2v) is 11.3. The fraction of sp³-hybridized carbons (Fsp3) is 0.379. The Kier molecular flexibility index (Phi) is 7.64. The number of aromatic hydroxyl groups is 1. The van der Waals surface area contributed by atoms with E-state index in [1.165, 1.54) is 16.5 Å². The van der Waals surface area contributed by atoms with Gasteiger partial charge >= 0.3 is 7.12 Å². The molecule has 2 aliphatic heterocycles. The Labute approximate surface area is 231 Å². The van der Waals surface area contributed by atoms with Crippen molar-refractivity contribution in [3.8, 4) is 5.75 Å². The fourth-order valence-corrected chi connectivity index (χ4v) is 6.62. The van der Waals surface area contributed by atoms with Crippen molar-refractivity contribution in [1.82, 2.24) is 0 Å². The van der Waals surface area contributed by atoms with Gasteiger partial charge in [0, 0.05) is 16.0 Å². The molecule has 198 valence electrons. The number of amides is 2. The maximum absolute atomic E-state index is 13.6. The van der Waals surface area contributed by atoms with Crippen LogP contribution < -0.4 is 10.4 Å². The first-order chi connectivity index (χ1) is 18.2. The molecule has 0 radical (unpaired) electrons. The quantitative estimate of drug-likeness (QED) is 0.260. The molecule has 0 spiro atoms. The molecule has 2 saturated heterocycles. The molecule has 0 aromatic heterocycles. The summed E-state index contributed by atoms with van der Waals surface area (Å²) in [5.41, 5.74) is 4.82. The molecule has 3 aliphatic rings. The van der Waals surface area contributed by atoms with Crippen molar-refractivity contribution in [3.05, 3.63) is 69.2 Å². The molecule has 4 atom stereocenters. The first kappa shape index (κ1) is 26.9. The van der Waals surface area contributed by atoms with E-state index in [0.29, 0.717) is 18.7 Å². The third kappa shape index (κ3) is 4.88. The van der Waals surface area contributed by atoms with Gasteiger partial charge in [-0.25, -0.2) is 0 Å². The second-order valence-electron chi connectivity index (χ2n) is 10.4. The van der Waals surface area contributed by atoms with Gasteiger partial charge in [-0.3, -0.25) is 14.5 Å². The summed E-state index contributed by atoms with van der Waals surface area (Å²) < 4.78 is 7.15. The van der Waals surface area contributed by atoms with E-state index in [-0.39, 0.29) is 35.0 Å². The van der Waals surface area contributed by atoms with E-state index in [1.807, 2.05) is 19.1 Å². The number of halogens is 1. The molecule has 9 heteroatoms. The van der Waals surface area contributed by atoms with Crippen LogP contribution in [0.15, 0.2) is 63.7 Å². The summed E-state index contributed by atoms with van der Waals surface area (Å²) in [6.45, 7) is 4.54. The van der Waals surface area contributed by atoms with Gasteiger partial charge in [0.15, 0.2) is 0 Å². The van der Waals surface area contributed by atoms with Crippen LogP contribution in [-0.2, 0) is 14.3 Å². The van der Waals surface area contributed by atoms with Crippen molar-refractivity contribution >= 4 is 52.1 Å². The average molecular weight is 580 g/mol. The van der Waals surface area contributed by atoms with Crippen LogP contribution in [0.1, 0.15) is 45.1 Å². The number of anilines is 1. The summed E-state index contributed by atoms with van der Waals surface area (Å²) in [5.74, 6) is -1.31. The van der Waals surface area contributed by atoms with Crippen molar-refractivity contribution in [2.75, 3.05) is 11.5 Å². The molecule has 2 heterocycles. The number of allylic oxidation sites excluding steroid dienone is 2. The van der Waals surface area contributed by atoms with E-state index < -0.39 is 19.0 Å². The number of carbonyl (C=O) groups is 2.